The van der Waals surface area contributed by atoms with E-state index in [1.165, 1.54) is 0 Å². The van der Waals surface area contributed by atoms with Crippen molar-refractivity contribution in [1.82, 2.24) is 5.32 Å². The van der Waals surface area contributed by atoms with Gasteiger partial charge in [0, 0.05) is 24.3 Å². The van der Waals surface area contributed by atoms with Crippen LogP contribution in [0.4, 0.5) is 8.78 Å². The fraction of sp³-hybridized carbons (Fsp3) is 0.231. The highest BCUT2D eigenvalue weighted by Crippen LogP contribution is 2.34. The molecule has 0 spiro atoms. The molecule has 35 heavy (non-hydrogen) atoms. The van der Waals surface area contributed by atoms with Crippen molar-refractivity contribution in [2.45, 2.75) is 19.6 Å². The van der Waals surface area contributed by atoms with E-state index in [0.29, 0.717) is 16.9 Å². The minimum absolute atomic E-state index is 0.0319. The monoisotopic (exact) mass is 483 g/mol. The van der Waals surface area contributed by atoms with Crippen LogP contribution in [-0.4, -0.2) is 36.7 Å². The van der Waals surface area contributed by atoms with Gasteiger partial charge in [0.2, 0.25) is 0 Å². The van der Waals surface area contributed by atoms with Crippen LogP contribution in [0.1, 0.15) is 29.7 Å². The minimum Gasteiger partial charge on any atom is -0.491 e. The number of aliphatic hydroxyl groups is 1. The van der Waals surface area contributed by atoms with Gasteiger partial charge in [0.05, 0.1) is 12.2 Å². The lowest BCUT2D eigenvalue weighted by molar-refractivity contribution is -0.133. The van der Waals surface area contributed by atoms with Gasteiger partial charge in [0.1, 0.15) is 29.8 Å². The largest absolute Gasteiger partial charge is 0.491 e. The molecule has 0 saturated heterocycles. The number of carbonyl (C=O) groups is 1. The first kappa shape index (κ1) is 25.8. The molecule has 0 aromatic heterocycles. The summed E-state index contributed by atoms with van der Waals surface area (Å²) >= 11 is 0. The third-order valence-corrected chi connectivity index (χ3v) is 5.19. The maximum atomic E-state index is 15.2. The van der Waals surface area contributed by atoms with E-state index in [9.17, 15) is 4.79 Å². The second kappa shape index (κ2) is 12.0. The Bertz CT molecular complexity index is 1160. The van der Waals surface area contributed by atoms with Crippen LogP contribution in [0.15, 0.2) is 60.7 Å². The molecule has 0 unspecified atom stereocenters. The van der Waals surface area contributed by atoms with Gasteiger partial charge in [0.25, 0.3) is 5.91 Å². The van der Waals surface area contributed by atoms with E-state index in [0.717, 1.165) is 17.7 Å². The average Bonchev–Trinajstić information content (AvgIpc) is 2.85. The molecular formula is C26H27F2N3O4. The second-order valence-electron chi connectivity index (χ2n) is 7.59. The fourth-order valence-corrected chi connectivity index (χ4v) is 3.52. The van der Waals surface area contributed by atoms with Crippen LogP contribution in [0.5, 0.6) is 5.75 Å². The normalized spacial score (nSPS) is 11.7. The van der Waals surface area contributed by atoms with Crippen LogP contribution >= 0.6 is 0 Å². The molecule has 1 amide bonds. The van der Waals surface area contributed by atoms with Gasteiger partial charge in [-0.05, 0) is 36.2 Å². The fourth-order valence-electron chi connectivity index (χ4n) is 3.52. The predicted octanol–water partition coefficient (Wildman–Crippen LogP) is 3.68. The molecule has 0 aliphatic rings. The first-order valence-electron chi connectivity index (χ1n) is 11.0. The smallest absolute Gasteiger partial charge is 0.254 e. The van der Waals surface area contributed by atoms with Crippen molar-refractivity contribution in [1.29, 1.82) is 5.41 Å². The topological polar surface area (TPSA) is 118 Å². The summed E-state index contributed by atoms with van der Waals surface area (Å²) in [6, 6.07) is 15.6. The van der Waals surface area contributed by atoms with Gasteiger partial charge in [-0.2, -0.15) is 0 Å². The molecule has 0 aliphatic carbocycles. The number of hydrogen-bond donors (Lipinski definition) is 4. The quantitative estimate of drug-likeness (QED) is 0.245. The van der Waals surface area contributed by atoms with E-state index in [1.54, 1.807) is 55.5 Å². The zero-order valence-electron chi connectivity index (χ0n) is 19.2. The third-order valence-electron chi connectivity index (χ3n) is 5.19. The van der Waals surface area contributed by atoms with Crippen LogP contribution in [0.3, 0.4) is 0 Å². The number of carbonyl (C=O) groups excluding carboxylic acids is 1. The molecule has 3 rings (SSSR count). The van der Waals surface area contributed by atoms with Crippen molar-refractivity contribution in [2.24, 2.45) is 5.73 Å². The van der Waals surface area contributed by atoms with Crippen LogP contribution in [0.25, 0.3) is 11.1 Å². The van der Waals surface area contributed by atoms with Gasteiger partial charge >= 0.3 is 0 Å². The van der Waals surface area contributed by atoms with Crippen LogP contribution in [-0.2, 0) is 16.1 Å². The SMILES string of the molecule is CCO[C@H](C(=O)NCc1ccc(C(=N)N)cc1)c1c(F)cc(-c2ccccc2OCCO)cc1F. The zero-order chi connectivity index (χ0) is 25.4. The van der Waals surface area contributed by atoms with E-state index in [-0.39, 0.29) is 37.8 Å². The number of ether oxygens (including phenoxy) is 2. The molecule has 0 fully saturated rings. The first-order chi connectivity index (χ1) is 16.8. The van der Waals surface area contributed by atoms with Crippen molar-refractivity contribution < 1.29 is 28.2 Å². The van der Waals surface area contributed by atoms with Gasteiger partial charge < -0.3 is 25.6 Å². The highest BCUT2D eigenvalue weighted by atomic mass is 19.1. The molecule has 3 aromatic carbocycles. The Balaban J connectivity index is 1.84. The molecule has 0 bridgehead atoms. The van der Waals surface area contributed by atoms with Crippen LogP contribution in [0.2, 0.25) is 0 Å². The molecule has 1 atom stereocenters. The maximum Gasteiger partial charge on any atom is 0.254 e. The molecule has 3 aromatic rings. The number of aliphatic hydroxyl groups excluding tert-OH is 1. The molecule has 0 radical (unpaired) electrons. The van der Waals surface area contributed by atoms with E-state index in [4.69, 9.17) is 25.7 Å². The van der Waals surface area contributed by atoms with Crippen molar-refractivity contribution >= 4 is 11.7 Å². The number of nitrogens with two attached hydrogens (primary N) is 1. The molecule has 184 valence electrons. The highest BCUT2D eigenvalue weighted by molar-refractivity contribution is 5.94. The summed E-state index contributed by atoms with van der Waals surface area (Å²) in [5, 5.41) is 19.1. The van der Waals surface area contributed by atoms with Gasteiger partial charge in [-0.15, -0.1) is 0 Å². The van der Waals surface area contributed by atoms with Crippen molar-refractivity contribution in [3.63, 3.8) is 0 Å². The van der Waals surface area contributed by atoms with Crippen LogP contribution in [0, 0.1) is 17.0 Å². The van der Waals surface area contributed by atoms with Gasteiger partial charge in [-0.1, -0.05) is 42.5 Å². The van der Waals surface area contributed by atoms with E-state index < -0.39 is 29.2 Å². The molecule has 7 nitrogen and oxygen atoms in total. The lowest BCUT2D eigenvalue weighted by Gasteiger charge is -2.20. The highest BCUT2D eigenvalue weighted by Gasteiger charge is 2.28. The number of amidine groups is 1. The van der Waals surface area contributed by atoms with Crippen molar-refractivity contribution in [2.75, 3.05) is 19.8 Å². The van der Waals surface area contributed by atoms with Crippen molar-refractivity contribution in [3.8, 4) is 16.9 Å². The Kier molecular flexibility index (Phi) is 8.88. The number of benzene rings is 3. The van der Waals surface area contributed by atoms with E-state index in [1.807, 2.05) is 0 Å². The summed E-state index contributed by atoms with van der Waals surface area (Å²) in [6.07, 6.45) is -1.49. The molecule has 0 heterocycles. The summed E-state index contributed by atoms with van der Waals surface area (Å²) in [5.41, 5.74) is 6.87. The number of rotatable bonds is 11. The molecule has 9 heteroatoms. The van der Waals surface area contributed by atoms with Crippen LogP contribution < -0.4 is 15.8 Å². The number of nitrogens with one attached hydrogen (secondary N) is 2. The van der Waals surface area contributed by atoms with E-state index in [2.05, 4.69) is 5.32 Å². The third kappa shape index (κ3) is 6.40. The van der Waals surface area contributed by atoms with E-state index >= 15 is 8.78 Å². The molecule has 5 N–H and O–H groups in total. The lowest BCUT2D eigenvalue weighted by Crippen LogP contribution is -2.31. The van der Waals surface area contributed by atoms with Gasteiger partial charge in [-0.3, -0.25) is 10.2 Å². The summed E-state index contributed by atoms with van der Waals surface area (Å²) < 4.78 is 41.3. The first-order valence-corrected chi connectivity index (χ1v) is 11.0. The zero-order valence-corrected chi connectivity index (χ0v) is 19.2. The summed E-state index contributed by atoms with van der Waals surface area (Å²) in [5.74, 6) is -2.27. The number of para-hydroxylation sites is 1. The molecule has 0 saturated carbocycles. The number of nitrogen functional groups attached to an aromatic ring is 1. The predicted molar refractivity (Wildman–Crippen MR) is 128 cm³/mol. The average molecular weight is 484 g/mol. The maximum absolute atomic E-state index is 15.2. The molecule has 0 aliphatic heterocycles. The number of halogens is 2. The lowest BCUT2D eigenvalue weighted by atomic mass is 9.99. The number of hydrogen-bond acceptors (Lipinski definition) is 5. The van der Waals surface area contributed by atoms with Gasteiger partial charge in [-0.25, -0.2) is 8.78 Å². The Morgan fingerprint density at radius 2 is 1.77 bits per heavy atom. The summed E-state index contributed by atoms with van der Waals surface area (Å²) in [4.78, 5) is 12.8. The molecular weight excluding hydrogens is 456 g/mol. The standard InChI is InChI=1S/C26H27F2N3O4/c1-2-34-24(26(33)31-15-16-7-9-17(10-8-16)25(29)30)23-20(27)13-18(14-21(23)28)19-5-3-4-6-22(19)35-12-11-32/h3-10,13-14,24,32H,2,11-12,15H2,1H3,(H3,29,30)(H,31,33)/t24-/m0/s1. The summed E-state index contributed by atoms with van der Waals surface area (Å²) in [6.45, 7) is 1.60. The Morgan fingerprint density at radius 3 is 2.37 bits per heavy atom. The second-order valence-corrected chi connectivity index (χ2v) is 7.59. The Labute approximate surface area is 202 Å². The number of amides is 1. The Hall–Kier alpha value is -3.82. The minimum atomic E-state index is -1.49. The van der Waals surface area contributed by atoms with Crippen molar-refractivity contribution in [3.05, 3.63) is 89.0 Å². The summed E-state index contributed by atoms with van der Waals surface area (Å²) in [7, 11) is 0. The van der Waals surface area contributed by atoms with Gasteiger partial charge in [0.15, 0.2) is 6.10 Å². The Morgan fingerprint density at radius 1 is 1.11 bits per heavy atom.